The Morgan fingerprint density at radius 2 is 1.52 bits per heavy atom. The lowest BCUT2D eigenvalue weighted by molar-refractivity contribution is 0.259. The molecule has 1 atom stereocenters. The highest BCUT2D eigenvalue weighted by molar-refractivity contribution is 5.95. The molecule has 0 radical (unpaired) electrons. The van der Waals surface area contributed by atoms with Crippen molar-refractivity contribution in [2.24, 2.45) is 0 Å². The maximum Gasteiger partial charge on any atom is 0.150 e. The molecule has 0 saturated carbocycles. The van der Waals surface area contributed by atoms with Crippen LogP contribution in [0.4, 0.5) is 4.39 Å². The van der Waals surface area contributed by atoms with Crippen LogP contribution in [0.1, 0.15) is 86.6 Å². The van der Waals surface area contributed by atoms with Crippen LogP contribution in [-0.4, -0.2) is 30.0 Å². The number of rotatable bonds is 15. The monoisotopic (exact) mass is 543 g/mol. The van der Waals surface area contributed by atoms with Crippen molar-refractivity contribution in [3.05, 3.63) is 95.1 Å². The van der Waals surface area contributed by atoms with Crippen molar-refractivity contribution in [1.82, 2.24) is 5.32 Å². The highest BCUT2D eigenvalue weighted by Crippen LogP contribution is 2.47. The third-order valence-electron chi connectivity index (χ3n) is 7.48. The second-order valence-corrected chi connectivity index (χ2v) is 10.6. The number of hydrogen-bond acceptors (Lipinski definition) is 4. The molecule has 0 aromatic heterocycles. The standard InChI is InChI=1S/C35H42FNO3/c1-26-32-25-31(39)19-20-33(32)40-35(34(26)29-13-10-14-30(38)24-29)28-17-15-27(16-18-28)12-11-23-37-22-9-7-5-3-2-4-6-8-21-36/h10-20,24-25,35,37-39H,2-9,21-23H2,1H3/b12-11+. The number of hydrogen-bond donors (Lipinski definition) is 3. The van der Waals surface area contributed by atoms with Gasteiger partial charge in [-0.2, -0.15) is 0 Å². The fourth-order valence-electron chi connectivity index (χ4n) is 5.28. The Morgan fingerprint density at radius 1 is 0.825 bits per heavy atom. The number of nitrogens with one attached hydrogen (secondary N) is 1. The van der Waals surface area contributed by atoms with E-state index in [1.807, 2.05) is 25.1 Å². The fraction of sp³-hybridized carbons (Fsp3) is 0.371. The summed E-state index contributed by atoms with van der Waals surface area (Å²) in [4.78, 5) is 0. The van der Waals surface area contributed by atoms with Gasteiger partial charge in [-0.05, 0) is 78.9 Å². The Kier molecular flexibility index (Phi) is 11.2. The summed E-state index contributed by atoms with van der Waals surface area (Å²) in [6.45, 7) is 3.72. The first-order chi connectivity index (χ1) is 19.6. The molecule has 4 rings (SSSR count). The van der Waals surface area contributed by atoms with E-state index in [1.165, 1.54) is 32.1 Å². The van der Waals surface area contributed by atoms with E-state index >= 15 is 0 Å². The molecule has 40 heavy (non-hydrogen) atoms. The molecule has 1 unspecified atom stereocenters. The van der Waals surface area contributed by atoms with Crippen LogP contribution in [0, 0.1) is 0 Å². The summed E-state index contributed by atoms with van der Waals surface area (Å²) >= 11 is 0. The van der Waals surface area contributed by atoms with Gasteiger partial charge in [-0.25, -0.2) is 0 Å². The maximum atomic E-state index is 12.1. The van der Waals surface area contributed by atoms with Crippen LogP contribution in [-0.2, 0) is 0 Å². The first-order valence-corrected chi connectivity index (χ1v) is 14.6. The number of benzene rings is 3. The molecule has 212 valence electrons. The molecule has 3 N–H and O–H groups in total. The number of unbranched alkanes of at least 4 members (excludes halogenated alkanes) is 7. The molecule has 3 aromatic rings. The van der Waals surface area contributed by atoms with Crippen LogP contribution in [0.15, 0.2) is 72.8 Å². The lowest BCUT2D eigenvalue weighted by Crippen LogP contribution is -2.16. The summed E-state index contributed by atoms with van der Waals surface area (Å²) in [5.74, 6) is 1.13. The molecule has 0 fully saturated rings. The van der Waals surface area contributed by atoms with Gasteiger partial charge in [-0.1, -0.05) is 87.1 Å². The molecule has 1 heterocycles. The van der Waals surface area contributed by atoms with Crippen LogP contribution in [0.3, 0.4) is 0 Å². The zero-order valence-corrected chi connectivity index (χ0v) is 23.5. The van der Waals surface area contributed by atoms with Crippen molar-refractivity contribution in [3.8, 4) is 17.2 Å². The van der Waals surface area contributed by atoms with Gasteiger partial charge < -0.3 is 20.3 Å². The van der Waals surface area contributed by atoms with Gasteiger partial charge in [-0.3, -0.25) is 4.39 Å². The number of phenolic OH excluding ortho intramolecular Hbond substituents is 2. The van der Waals surface area contributed by atoms with Crippen LogP contribution < -0.4 is 10.1 Å². The number of phenols is 2. The second kappa shape index (κ2) is 15.3. The number of allylic oxidation sites excluding steroid dienone is 1. The van der Waals surface area contributed by atoms with Crippen molar-refractivity contribution in [2.75, 3.05) is 19.8 Å². The van der Waals surface area contributed by atoms with Gasteiger partial charge in [0.1, 0.15) is 23.4 Å². The van der Waals surface area contributed by atoms with E-state index in [-0.39, 0.29) is 24.3 Å². The quantitative estimate of drug-likeness (QED) is 0.168. The van der Waals surface area contributed by atoms with Crippen molar-refractivity contribution in [1.29, 1.82) is 0 Å². The minimum absolute atomic E-state index is 0.177. The van der Waals surface area contributed by atoms with Gasteiger partial charge in [0.05, 0.1) is 6.67 Å². The van der Waals surface area contributed by atoms with E-state index in [0.717, 1.165) is 71.5 Å². The summed E-state index contributed by atoms with van der Waals surface area (Å²) in [5.41, 5.74) is 5.87. The third kappa shape index (κ3) is 8.22. The summed E-state index contributed by atoms with van der Waals surface area (Å²) in [7, 11) is 0. The lowest BCUT2D eigenvalue weighted by Gasteiger charge is -2.31. The SMILES string of the molecule is CC1=C(c2cccc(O)c2)C(c2ccc(/C=C/CNCCCCCCCCCCF)cc2)Oc2ccc(O)cc21. The van der Waals surface area contributed by atoms with Crippen LogP contribution >= 0.6 is 0 Å². The van der Waals surface area contributed by atoms with Crippen LogP contribution in [0.5, 0.6) is 17.2 Å². The number of fused-ring (bicyclic) bond motifs is 1. The Hall–Kier alpha value is -3.57. The largest absolute Gasteiger partial charge is 0.508 e. The Morgan fingerprint density at radius 3 is 2.25 bits per heavy atom. The van der Waals surface area contributed by atoms with E-state index in [0.29, 0.717) is 0 Å². The number of aromatic hydroxyl groups is 2. The summed E-state index contributed by atoms with van der Waals surface area (Å²) < 4.78 is 18.6. The maximum absolute atomic E-state index is 12.1. The highest BCUT2D eigenvalue weighted by atomic mass is 19.1. The number of alkyl halides is 1. The van der Waals surface area contributed by atoms with Crippen molar-refractivity contribution >= 4 is 17.2 Å². The average Bonchev–Trinajstić information content (AvgIpc) is 2.96. The second-order valence-electron chi connectivity index (χ2n) is 10.6. The average molecular weight is 544 g/mol. The number of halogens is 1. The molecule has 0 aliphatic carbocycles. The first kappa shape index (κ1) is 29.4. The molecule has 0 bridgehead atoms. The molecule has 1 aliphatic rings. The first-order valence-electron chi connectivity index (χ1n) is 14.6. The van der Waals surface area contributed by atoms with Gasteiger partial charge in [-0.15, -0.1) is 0 Å². The van der Waals surface area contributed by atoms with Gasteiger partial charge in [0.25, 0.3) is 0 Å². The molecule has 1 aliphatic heterocycles. The van der Waals surface area contributed by atoms with E-state index in [1.54, 1.807) is 24.3 Å². The summed E-state index contributed by atoms with van der Waals surface area (Å²) in [6.07, 6.45) is 13.0. The molecule has 0 amide bonds. The van der Waals surface area contributed by atoms with E-state index < -0.39 is 0 Å². The zero-order chi connectivity index (χ0) is 28.2. The van der Waals surface area contributed by atoms with Gasteiger partial charge in [0.2, 0.25) is 0 Å². The third-order valence-corrected chi connectivity index (χ3v) is 7.48. The normalized spacial score (nSPS) is 14.9. The molecule has 0 spiro atoms. The predicted octanol–water partition coefficient (Wildman–Crippen LogP) is 8.86. The van der Waals surface area contributed by atoms with Gasteiger partial charge in [0, 0.05) is 17.7 Å². The van der Waals surface area contributed by atoms with Gasteiger partial charge >= 0.3 is 0 Å². The predicted molar refractivity (Wildman–Crippen MR) is 163 cm³/mol. The number of ether oxygens (including phenoxy) is 1. The summed E-state index contributed by atoms with van der Waals surface area (Å²) in [5, 5.41) is 23.7. The minimum atomic E-state index is -0.339. The van der Waals surface area contributed by atoms with Crippen molar-refractivity contribution in [2.45, 2.75) is 64.4 Å². The molecule has 3 aromatic carbocycles. The molecular formula is C35H42FNO3. The fourth-order valence-corrected chi connectivity index (χ4v) is 5.28. The van der Waals surface area contributed by atoms with Crippen LogP contribution in [0.25, 0.3) is 17.2 Å². The molecule has 4 nitrogen and oxygen atoms in total. The van der Waals surface area contributed by atoms with Gasteiger partial charge in [0.15, 0.2) is 0 Å². The van der Waals surface area contributed by atoms with E-state index in [2.05, 4.69) is 41.7 Å². The Balaban J connectivity index is 1.32. The Bertz CT molecular complexity index is 1280. The molecule has 0 saturated heterocycles. The van der Waals surface area contributed by atoms with E-state index in [4.69, 9.17) is 4.74 Å². The lowest BCUT2D eigenvalue weighted by atomic mass is 9.86. The Labute approximate surface area is 238 Å². The smallest absolute Gasteiger partial charge is 0.150 e. The zero-order valence-electron chi connectivity index (χ0n) is 23.5. The molecular weight excluding hydrogens is 501 g/mol. The topological polar surface area (TPSA) is 61.7 Å². The summed E-state index contributed by atoms with van der Waals surface area (Å²) in [6, 6.07) is 20.8. The van der Waals surface area contributed by atoms with Crippen LogP contribution in [0.2, 0.25) is 0 Å². The van der Waals surface area contributed by atoms with E-state index in [9.17, 15) is 14.6 Å². The minimum Gasteiger partial charge on any atom is -0.508 e. The molecule has 5 heteroatoms. The highest BCUT2D eigenvalue weighted by Gasteiger charge is 2.29. The van der Waals surface area contributed by atoms with Crippen molar-refractivity contribution in [3.63, 3.8) is 0 Å². The van der Waals surface area contributed by atoms with Crippen molar-refractivity contribution < 1.29 is 19.3 Å².